The minimum atomic E-state index is -1.24. The lowest BCUT2D eigenvalue weighted by Gasteiger charge is -2.08. The van der Waals surface area contributed by atoms with E-state index in [-0.39, 0.29) is 23.6 Å². The molecule has 0 aliphatic carbocycles. The topological polar surface area (TPSA) is 89.7 Å². The van der Waals surface area contributed by atoms with E-state index in [2.05, 4.69) is 0 Å². The van der Waals surface area contributed by atoms with Gasteiger partial charge in [-0.25, -0.2) is 4.79 Å². The van der Waals surface area contributed by atoms with Crippen LogP contribution in [0.15, 0.2) is 18.2 Å². The predicted molar refractivity (Wildman–Crippen MR) is 60.5 cm³/mol. The summed E-state index contributed by atoms with van der Waals surface area (Å²) < 4.78 is 5.21. The molecule has 0 radical (unpaired) electrons. The van der Waals surface area contributed by atoms with Gasteiger partial charge in [0.1, 0.15) is 5.56 Å². The summed E-state index contributed by atoms with van der Waals surface area (Å²) in [6.07, 6.45) is 1.58. The number of carbonyl (C=O) groups is 1. The van der Waals surface area contributed by atoms with Crippen LogP contribution in [-0.4, -0.2) is 22.6 Å². The summed E-state index contributed by atoms with van der Waals surface area (Å²) in [4.78, 5) is 21.0. The number of carboxylic acid groups (broad SMARTS) is 1. The minimum absolute atomic E-state index is 0.168. The number of nitrogens with zero attached hydrogens (tertiary/aromatic N) is 1. The Labute approximate surface area is 98.0 Å². The average Bonchev–Trinajstić information content (AvgIpc) is 2.28. The number of ether oxygens (including phenoxy) is 1. The molecule has 1 rings (SSSR count). The van der Waals surface area contributed by atoms with E-state index in [0.29, 0.717) is 6.42 Å². The molecule has 17 heavy (non-hydrogen) atoms. The molecule has 0 saturated carbocycles. The van der Waals surface area contributed by atoms with Crippen LogP contribution in [0.25, 0.3) is 0 Å². The molecule has 0 heterocycles. The van der Waals surface area contributed by atoms with Gasteiger partial charge in [-0.3, -0.25) is 10.1 Å². The fourth-order valence-corrected chi connectivity index (χ4v) is 1.31. The first kappa shape index (κ1) is 13.0. The first-order valence-corrected chi connectivity index (χ1v) is 5.21. The summed E-state index contributed by atoms with van der Waals surface area (Å²) in [5.74, 6) is -1.40. The van der Waals surface area contributed by atoms with E-state index in [0.717, 1.165) is 6.42 Å². The number of rotatable bonds is 6. The molecule has 1 N–H and O–H groups in total. The lowest BCUT2D eigenvalue weighted by molar-refractivity contribution is -0.385. The first-order valence-electron chi connectivity index (χ1n) is 5.21. The van der Waals surface area contributed by atoms with Crippen LogP contribution in [0.3, 0.4) is 0 Å². The molecule has 0 aliphatic heterocycles. The Kier molecular flexibility index (Phi) is 4.45. The second-order valence-electron chi connectivity index (χ2n) is 3.42. The van der Waals surface area contributed by atoms with E-state index < -0.39 is 10.9 Å². The first-order chi connectivity index (χ1) is 8.07. The number of unbranched alkanes of at least 4 members (excludes halogenated alkanes) is 1. The van der Waals surface area contributed by atoms with E-state index in [1.165, 1.54) is 18.2 Å². The van der Waals surface area contributed by atoms with Crippen LogP contribution >= 0.6 is 0 Å². The third kappa shape index (κ3) is 3.17. The van der Waals surface area contributed by atoms with Gasteiger partial charge in [0.05, 0.1) is 11.5 Å². The highest BCUT2D eigenvalue weighted by molar-refractivity contribution is 5.92. The fraction of sp³-hybridized carbons (Fsp3) is 0.364. The van der Waals surface area contributed by atoms with Crippen molar-refractivity contribution >= 4 is 11.7 Å². The summed E-state index contributed by atoms with van der Waals surface area (Å²) >= 11 is 0. The number of para-hydroxylation sites is 1. The highest BCUT2D eigenvalue weighted by atomic mass is 16.6. The molecule has 0 spiro atoms. The van der Waals surface area contributed by atoms with Gasteiger partial charge in [-0.15, -0.1) is 0 Å². The maximum atomic E-state index is 10.9. The van der Waals surface area contributed by atoms with Gasteiger partial charge >= 0.3 is 11.7 Å². The monoisotopic (exact) mass is 239 g/mol. The lowest BCUT2D eigenvalue weighted by Crippen LogP contribution is -2.06. The van der Waals surface area contributed by atoms with Gasteiger partial charge in [-0.2, -0.15) is 0 Å². The van der Waals surface area contributed by atoms with E-state index in [9.17, 15) is 14.9 Å². The van der Waals surface area contributed by atoms with Crippen molar-refractivity contribution in [2.45, 2.75) is 19.8 Å². The molecule has 0 aromatic heterocycles. The van der Waals surface area contributed by atoms with E-state index in [1.807, 2.05) is 6.92 Å². The van der Waals surface area contributed by atoms with Gasteiger partial charge in [0.15, 0.2) is 0 Å². The van der Waals surface area contributed by atoms with Crippen LogP contribution in [0, 0.1) is 10.1 Å². The molecular formula is C11H13NO5. The number of benzene rings is 1. The molecule has 0 aliphatic rings. The van der Waals surface area contributed by atoms with Gasteiger partial charge in [0.25, 0.3) is 0 Å². The molecule has 0 bridgehead atoms. The Morgan fingerprint density at radius 2 is 2.24 bits per heavy atom. The molecule has 1 aromatic carbocycles. The summed E-state index contributed by atoms with van der Waals surface area (Å²) in [5, 5.41) is 19.7. The normalized spacial score (nSPS) is 9.94. The molecule has 0 amide bonds. The third-order valence-electron chi connectivity index (χ3n) is 2.17. The molecule has 0 unspecified atom stereocenters. The molecule has 0 atom stereocenters. The zero-order valence-corrected chi connectivity index (χ0v) is 9.38. The fourth-order valence-electron chi connectivity index (χ4n) is 1.31. The van der Waals surface area contributed by atoms with Crippen molar-refractivity contribution in [3.05, 3.63) is 33.9 Å². The van der Waals surface area contributed by atoms with E-state index >= 15 is 0 Å². The molecule has 6 heteroatoms. The van der Waals surface area contributed by atoms with Crippen molar-refractivity contribution < 1.29 is 19.6 Å². The van der Waals surface area contributed by atoms with Gasteiger partial charge in [0, 0.05) is 6.07 Å². The largest absolute Gasteiger partial charge is 0.486 e. The SMILES string of the molecule is CCCCOc1c(C(=O)O)cccc1[N+](=O)[O-]. The van der Waals surface area contributed by atoms with E-state index in [4.69, 9.17) is 9.84 Å². The van der Waals surface area contributed by atoms with Crippen molar-refractivity contribution in [2.75, 3.05) is 6.61 Å². The highest BCUT2D eigenvalue weighted by Crippen LogP contribution is 2.31. The second-order valence-corrected chi connectivity index (χ2v) is 3.42. The van der Waals surface area contributed by atoms with Gasteiger partial charge in [-0.1, -0.05) is 19.4 Å². The molecule has 0 fully saturated rings. The number of nitro benzene ring substituents is 1. The number of hydrogen-bond donors (Lipinski definition) is 1. The molecule has 1 aromatic rings. The summed E-state index contributed by atoms with van der Waals surface area (Å²) in [5.41, 5.74) is -0.503. The Bertz CT molecular complexity index is 398. The van der Waals surface area contributed by atoms with Crippen molar-refractivity contribution in [3.8, 4) is 5.75 Å². The molecule has 0 saturated heterocycles. The van der Waals surface area contributed by atoms with Crippen molar-refractivity contribution in [1.29, 1.82) is 0 Å². The standard InChI is InChI=1S/C11H13NO5/c1-2-3-7-17-10-8(11(13)14)5-4-6-9(10)12(15)16/h4-6H,2-3,7H2,1H3,(H,13,14). The van der Waals surface area contributed by atoms with Crippen molar-refractivity contribution in [3.63, 3.8) is 0 Å². The Hall–Kier alpha value is -2.11. The van der Waals surface area contributed by atoms with Gasteiger partial charge in [-0.05, 0) is 12.5 Å². The maximum absolute atomic E-state index is 10.9. The predicted octanol–water partition coefficient (Wildman–Crippen LogP) is 2.47. The quantitative estimate of drug-likeness (QED) is 0.468. The maximum Gasteiger partial charge on any atom is 0.339 e. The number of nitro groups is 1. The number of aromatic carboxylic acids is 1. The summed E-state index contributed by atoms with van der Waals surface area (Å²) in [6.45, 7) is 2.21. The van der Waals surface area contributed by atoms with Crippen LogP contribution in [0.1, 0.15) is 30.1 Å². The number of hydrogen-bond acceptors (Lipinski definition) is 4. The van der Waals surface area contributed by atoms with Crippen LogP contribution in [0.4, 0.5) is 5.69 Å². The third-order valence-corrected chi connectivity index (χ3v) is 2.17. The second kappa shape index (κ2) is 5.83. The lowest BCUT2D eigenvalue weighted by atomic mass is 10.1. The smallest absolute Gasteiger partial charge is 0.339 e. The average molecular weight is 239 g/mol. The van der Waals surface area contributed by atoms with Gasteiger partial charge in [0.2, 0.25) is 5.75 Å². The van der Waals surface area contributed by atoms with Crippen LogP contribution < -0.4 is 4.74 Å². The summed E-state index contributed by atoms with van der Waals surface area (Å²) in [6, 6.07) is 3.85. The zero-order valence-electron chi connectivity index (χ0n) is 9.38. The molecule has 92 valence electrons. The van der Waals surface area contributed by atoms with Crippen molar-refractivity contribution in [2.24, 2.45) is 0 Å². The highest BCUT2D eigenvalue weighted by Gasteiger charge is 2.22. The Morgan fingerprint density at radius 3 is 2.76 bits per heavy atom. The zero-order chi connectivity index (χ0) is 12.8. The Morgan fingerprint density at radius 1 is 1.53 bits per heavy atom. The van der Waals surface area contributed by atoms with Crippen LogP contribution in [0.5, 0.6) is 5.75 Å². The summed E-state index contributed by atoms with van der Waals surface area (Å²) in [7, 11) is 0. The Balaban J connectivity index is 3.10. The van der Waals surface area contributed by atoms with E-state index in [1.54, 1.807) is 0 Å². The van der Waals surface area contributed by atoms with Crippen LogP contribution in [-0.2, 0) is 0 Å². The van der Waals surface area contributed by atoms with Crippen molar-refractivity contribution in [1.82, 2.24) is 0 Å². The minimum Gasteiger partial charge on any atom is -0.486 e. The van der Waals surface area contributed by atoms with Gasteiger partial charge < -0.3 is 9.84 Å². The molecular weight excluding hydrogens is 226 g/mol. The molecule has 6 nitrogen and oxygen atoms in total. The number of carboxylic acids is 1. The van der Waals surface area contributed by atoms with Crippen LogP contribution in [0.2, 0.25) is 0 Å².